The van der Waals surface area contributed by atoms with Gasteiger partial charge in [0.05, 0.1) is 0 Å². The molecule has 0 aliphatic carbocycles. The first-order chi connectivity index (χ1) is 16.4. The average Bonchev–Trinajstić information content (AvgIpc) is 2.83. The van der Waals surface area contributed by atoms with Gasteiger partial charge in [-0.2, -0.15) is 0 Å². The summed E-state index contributed by atoms with van der Waals surface area (Å²) in [6.45, 7) is 5.85. The molecule has 2 aromatic carbocycles. The van der Waals surface area contributed by atoms with Gasteiger partial charge in [-0.25, -0.2) is 0 Å². The highest BCUT2D eigenvalue weighted by Gasteiger charge is 2.29. The molecule has 2 amide bonds. The first kappa shape index (κ1) is 26.2. The predicted octanol–water partition coefficient (Wildman–Crippen LogP) is 5.42. The molecule has 8 heteroatoms. The molecule has 0 saturated heterocycles. The van der Waals surface area contributed by atoms with E-state index in [1.807, 2.05) is 25.1 Å². The lowest BCUT2D eigenvalue weighted by Crippen LogP contribution is -2.49. The van der Waals surface area contributed by atoms with Gasteiger partial charge in [-0.15, -0.1) is 0 Å². The fourth-order valence-corrected chi connectivity index (χ4v) is 4.37. The Bertz CT molecular complexity index is 999. The van der Waals surface area contributed by atoms with Crippen LogP contribution in [0.5, 0.6) is 11.5 Å². The highest BCUT2D eigenvalue weighted by molar-refractivity contribution is 6.35. The van der Waals surface area contributed by atoms with Crippen molar-refractivity contribution in [3.63, 3.8) is 0 Å². The zero-order chi connectivity index (χ0) is 24.5. The molecule has 0 fully saturated rings. The third kappa shape index (κ3) is 7.03. The maximum atomic E-state index is 13.4. The van der Waals surface area contributed by atoms with Gasteiger partial charge in [-0.1, -0.05) is 55.6 Å². The van der Waals surface area contributed by atoms with Crippen LogP contribution < -0.4 is 14.8 Å². The van der Waals surface area contributed by atoms with E-state index in [0.717, 1.165) is 29.7 Å². The standard InChI is InChI=1S/C26H32Cl2N2O4/c1-3-5-12-29-26(32)22(4-2)30(17-19-8-9-20(27)16-21(19)28)25(31)11-7-18-6-10-23-24(15-18)34-14-13-33-23/h6,8-10,15-16,22H,3-5,7,11-14,17H2,1-2H3,(H,29,32). The molecule has 6 nitrogen and oxygen atoms in total. The number of aryl methyl sites for hydroxylation is 1. The third-order valence-electron chi connectivity index (χ3n) is 5.81. The second-order valence-corrected chi connectivity index (χ2v) is 9.15. The Hall–Kier alpha value is -2.44. The first-order valence-corrected chi connectivity index (χ1v) is 12.6. The van der Waals surface area contributed by atoms with Gasteiger partial charge in [0, 0.05) is 29.6 Å². The van der Waals surface area contributed by atoms with Crippen LogP contribution in [0.25, 0.3) is 0 Å². The minimum absolute atomic E-state index is 0.113. The third-order valence-corrected chi connectivity index (χ3v) is 6.39. The number of amides is 2. The summed E-state index contributed by atoms with van der Waals surface area (Å²) in [4.78, 5) is 28.0. The summed E-state index contributed by atoms with van der Waals surface area (Å²) in [5, 5.41) is 3.96. The molecule has 0 saturated carbocycles. The number of benzene rings is 2. The van der Waals surface area contributed by atoms with Gasteiger partial charge in [0.2, 0.25) is 11.8 Å². The summed E-state index contributed by atoms with van der Waals surface area (Å²) in [5.41, 5.74) is 1.72. The van der Waals surface area contributed by atoms with Crippen molar-refractivity contribution in [1.82, 2.24) is 10.2 Å². The SMILES string of the molecule is CCCCNC(=O)C(CC)N(Cc1ccc(Cl)cc1Cl)C(=O)CCc1ccc2c(c1)OCCO2. The minimum atomic E-state index is -0.587. The van der Waals surface area contributed by atoms with Crippen molar-refractivity contribution in [1.29, 1.82) is 0 Å². The number of fused-ring (bicyclic) bond motifs is 1. The van der Waals surface area contributed by atoms with Crippen molar-refractivity contribution in [3.8, 4) is 11.5 Å². The Kier molecular flexibility index (Phi) is 9.90. The second kappa shape index (κ2) is 12.9. The zero-order valence-electron chi connectivity index (χ0n) is 19.7. The lowest BCUT2D eigenvalue weighted by molar-refractivity contribution is -0.141. The van der Waals surface area contributed by atoms with E-state index in [-0.39, 0.29) is 24.8 Å². The second-order valence-electron chi connectivity index (χ2n) is 8.30. The molecular weight excluding hydrogens is 475 g/mol. The Morgan fingerprint density at radius 1 is 1.06 bits per heavy atom. The normalized spacial score (nSPS) is 13.3. The summed E-state index contributed by atoms with van der Waals surface area (Å²) < 4.78 is 11.2. The number of carbonyl (C=O) groups excluding carboxylic acids is 2. The Balaban J connectivity index is 1.76. The molecule has 1 atom stereocenters. The summed E-state index contributed by atoms with van der Waals surface area (Å²) >= 11 is 12.4. The van der Waals surface area contributed by atoms with E-state index >= 15 is 0 Å². The highest BCUT2D eigenvalue weighted by atomic mass is 35.5. The van der Waals surface area contributed by atoms with Gasteiger partial charge in [0.1, 0.15) is 19.3 Å². The fraction of sp³-hybridized carbons (Fsp3) is 0.462. The molecule has 0 radical (unpaired) electrons. The largest absolute Gasteiger partial charge is 0.486 e. The van der Waals surface area contributed by atoms with Crippen molar-refractivity contribution < 1.29 is 19.1 Å². The van der Waals surface area contributed by atoms with Crippen molar-refractivity contribution >= 4 is 35.0 Å². The molecule has 3 rings (SSSR count). The van der Waals surface area contributed by atoms with Crippen LogP contribution in [0.4, 0.5) is 0 Å². The zero-order valence-corrected chi connectivity index (χ0v) is 21.3. The number of halogens is 2. The number of ether oxygens (including phenoxy) is 2. The molecule has 0 bridgehead atoms. The molecular formula is C26H32Cl2N2O4. The van der Waals surface area contributed by atoms with Crippen LogP contribution in [-0.2, 0) is 22.6 Å². The first-order valence-electron chi connectivity index (χ1n) is 11.8. The van der Waals surface area contributed by atoms with Crippen LogP contribution in [0.1, 0.15) is 50.7 Å². The van der Waals surface area contributed by atoms with E-state index < -0.39 is 6.04 Å². The Morgan fingerprint density at radius 3 is 2.53 bits per heavy atom. The number of nitrogens with one attached hydrogen (secondary N) is 1. The monoisotopic (exact) mass is 506 g/mol. The van der Waals surface area contributed by atoms with Crippen LogP contribution in [0.3, 0.4) is 0 Å². The van der Waals surface area contributed by atoms with Crippen molar-refractivity contribution in [2.75, 3.05) is 19.8 Å². The molecule has 2 aromatic rings. The molecule has 1 aliphatic heterocycles. The molecule has 1 N–H and O–H groups in total. The molecule has 1 heterocycles. The fourth-order valence-electron chi connectivity index (χ4n) is 3.90. The van der Waals surface area contributed by atoms with Gasteiger partial charge in [0.25, 0.3) is 0 Å². The van der Waals surface area contributed by atoms with Crippen LogP contribution >= 0.6 is 23.2 Å². The number of rotatable bonds is 11. The van der Waals surface area contributed by atoms with Crippen LogP contribution in [0.15, 0.2) is 36.4 Å². The van der Waals surface area contributed by atoms with Gasteiger partial charge in [0.15, 0.2) is 11.5 Å². The Labute approximate surface area is 211 Å². The molecule has 0 spiro atoms. The molecule has 184 valence electrons. The summed E-state index contributed by atoms with van der Waals surface area (Å²) in [6.07, 6.45) is 3.15. The number of nitrogens with zero attached hydrogens (tertiary/aromatic N) is 1. The smallest absolute Gasteiger partial charge is 0.242 e. The van der Waals surface area contributed by atoms with Crippen molar-refractivity contribution in [3.05, 3.63) is 57.6 Å². The molecule has 1 unspecified atom stereocenters. The summed E-state index contributed by atoms with van der Waals surface area (Å²) in [5.74, 6) is 1.16. The molecule has 0 aromatic heterocycles. The Morgan fingerprint density at radius 2 is 1.82 bits per heavy atom. The quantitative estimate of drug-likeness (QED) is 0.413. The number of unbranched alkanes of at least 4 members (excludes halogenated alkanes) is 1. The van der Waals surface area contributed by atoms with Gasteiger partial charge < -0.3 is 19.7 Å². The number of carbonyl (C=O) groups is 2. The maximum absolute atomic E-state index is 13.4. The average molecular weight is 507 g/mol. The van der Waals surface area contributed by atoms with E-state index in [2.05, 4.69) is 12.2 Å². The van der Waals surface area contributed by atoms with Crippen molar-refractivity contribution in [2.24, 2.45) is 0 Å². The van der Waals surface area contributed by atoms with Crippen molar-refractivity contribution in [2.45, 2.75) is 58.5 Å². The topological polar surface area (TPSA) is 67.9 Å². The summed E-state index contributed by atoms with van der Waals surface area (Å²) in [7, 11) is 0. The number of hydrogen-bond acceptors (Lipinski definition) is 4. The predicted molar refractivity (Wildman–Crippen MR) is 135 cm³/mol. The van der Waals surface area contributed by atoms with Gasteiger partial charge in [-0.3, -0.25) is 9.59 Å². The molecule has 1 aliphatic rings. The van der Waals surface area contributed by atoms with E-state index in [0.29, 0.717) is 48.4 Å². The minimum Gasteiger partial charge on any atom is -0.486 e. The maximum Gasteiger partial charge on any atom is 0.242 e. The van der Waals surface area contributed by atoms with E-state index in [1.54, 1.807) is 23.1 Å². The lowest BCUT2D eigenvalue weighted by Gasteiger charge is -2.31. The van der Waals surface area contributed by atoms with E-state index in [4.69, 9.17) is 32.7 Å². The number of hydrogen-bond donors (Lipinski definition) is 1. The summed E-state index contributed by atoms with van der Waals surface area (Å²) in [6, 6.07) is 10.3. The van der Waals surface area contributed by atoms with Gasteiger partial charge in [-0.05, 0) is 54.7 Å². The lowest BCUT2D eigenvalue weighted by atomic mass is 10.1. The van der Waals surface area contributed by atoms with Crippen LogP contribution in [0.2, 0.25) is 10.0 Å². The molecule has 34 heavy (non-hydrogen) atoms. The van der Waals surface area contributed by atoms with Crippen LogP contribution in [0, 0.1) is 0 Å². The van der Waals surface area contributed by atoms with E-state index in [1.165, 1.54) is 0 Å². The highest BCUT2D eigenvalue weighted by Crippen LogP contribution is 2.31. The van der Waals surface area contributed by atoms with Crippen LogP contribution in [-0.4, -0.2) is 42.5 Å². The van der Waals surface area contributed by atoms with E-state index in [9.17, 15) is 9.59 Å². The van der Waals surface area contributed by atoms with Gasteiger partial charge >= 0.3 is 0 Å².